The van der Waals surface area contributed by atoms with E-state index in [-0.39, 0.29) is 0 Å². The average Bonchev–Trinajstić information content (AvgIpc) is 1.90. The van der Waals surface area contributed by atoms with Crippen LogP contribution in [0.25, 0.3) is 0 Å². The molecule has 3 heteroatoms. The second-order valence-electron chi connectivity index (χ2n) is 1.61. The fourth-order valence-corrected chi connectivity index (χ4v) is 1.08. The fraction of sp³-hybridized carbons (Fsp3) is 0.167. The highest BCUT2D eigenvalue weighted by molar-refractivity contribution is 7.45. The number of rotatable bonds is 1. The summed E-state index contributed by atoms with van der Waals surface area (Å²) in [7, 11) is 0.757. The minimum atomic E-state index is 0.706. The summed E-state index contributed by atoms with van der Waals surface area (Å²) in [6.07, 6.45) is 1.67. The number of pyridine rings is 1. The largest absolute Gasteiger partial charge is 0.255 e. The molecule has 0 aliphatic carbocycles. The fourth-order valence-electron chi connectivity index (χ4n) is 0.524. The topological polar surface area (TPSA) is 12.9 Å². The van der Waals surface area contributed by atoms with Crippen molar-refractivity contribution in [1.29, 1.82) is 0 Å². The van der Waals surface area contributed by atoms with Gasteiger partial charge in [0.25, 0.3) is 0 Å². The highest BCUT2D eigenvalue weighted by Crippen LogP contribution is 2.06. The summed E-state index contributed by atoms with van der Waals surface area (Å²) in [5.41, 5.74) is 1.11. The van der Waals surface area contributed by atoms with E-state index >= 15 is 0 Å². The number of hydrogen-bond donors (Lipinski definition) is 0. The van der Waals surface area contributed by atoms with Crippen LogP contribution < -0.4 is 5.44 Å². The van der Waals surface area contributed by atoms with E-state index in [4.69, 9.17) is 11.6 Å². The predicted molar refractivity (Wildman–Crippen MR) is 43.1 cm³/mol. The minimum absolute atomic E-state index is 0.706. The monoisotopic (exact) mass is 159 g/mol. The maximum Gasteiger partial charge on any atom is 0.0598 e. The van der Waals surface area contributed by atoms with E-state index in [2.05, 4.69) is 11.6 Å². The van der Waals surface area contributed by atoms with Gasteiger partial charge in [-0.25, -0.2) is 0 Å². The Hall–Kier alpha value is -0.130. The van der Waals surface area contributed by atoms with Crippen LogP contribution in [0.2, 0.25) is 5.02 Å². The van der Waals surface area contributed by atoms with E-state index in [1.807, 2.05) is 12.1 Å². The molecule has 1 heterocycles. The van der Waals surface area contributed by atoms with Gasteiger partial charge in [-0.1, -0.05) is 20.2 Å². The molecule has 0 bridgehead atoms. The second kappa shape index (κ2) is 3.14. The zero-order chi connectivity index (χ0) is 6.69. The lowest BCUT2D eigenvalue weighted by Gasteiger charge is -1.92. The maximum atomic E-state index is 5.61. The summed E-state index contributed by atoms with van der Waals surface area (Å²) in [6.45, 7) is 2.09. The van der Waals surface area contributed by atoms with Crippen molar-refractivity contribution in [3.8, 4) is 0 Å². The highest BCUT2D eigenvalue weighted by Gasteiger charge is 1.87. The summed E-state index contributed by atoms with van der Waals surface area (Å²) in [5.74, 6) is 0. The molecule has 1 rings (SSSR count). The zero-order valence-electron chi connectivity index (χ0n) is 5.06. The molecule has 0 N–H and O–H groups in total. The van der Waals surface area contributed by atoms with Crippen LogP contribution in [0.1, 0.15) is 0 Å². The Balaban J connectivity index is 2.88. The summed E-state index contributed by atoms with van der Waals surface area (Å²) in [5, 5.41) is 0.706. The molecule has 0 saturated heterocycles. The van der Waals surface area contributed by atoms with E-state index in [1.165, 1.54) is 0 Å². The Morgan fingerprint density at radius 2 is 2.33 bits per heavy atom. The average molecular weight is 160 g/mol. The van der Waals surface area contributed by atoms with E-state index in [0.29, 0.717) is 5.02 Å². The molecule has 1 unspecified atom stereocenters. The van der Waals surface area contributed by atoms with Crippen LogP contribution in [0, 0.1) is 0 Å². The van der Waals surface area contributed by atoms with E-state index in [9.17, 15) is 0 Å². The molecule has 0 fully saturated rings. The molecule has 0 aliphatic heterocycles. The van der Waals surface area contributed by atoms with E-state index in [0.717, 1.165) is 14.0 Å². The third-order valence-electron chi connectivity index (χ3n) is 0.984. The molecule has 1 atom stereocenters. The van der Waals surface area contributed by atoms with Gasteiger partial charge in [-0.2, -0.15) is 0 Å². The zero-order valence-corrected chi connectivity index (χ0v) is 6.81. The first-order chi connectivity index (χ1) is 4.33. The molecular formula is C6H7ClNP. The van der Waals surface area contributed by atoms with Crippen molar-refractivity contribution in [3.63, 3.8) is 0 Å². The third kappa shape index (κ3) is 1.92. The highest BCUT2D eigenvalue weighted by atomic mass is 35.5. The molecule has 1 nitrogen and oxygen atoms in total. The molecule has 0 aromatic carbocycles. The lowest BCUT2D eigenvalue weighted by atomic mass is 10.5. The molecule has 0 spiro atoms. The van der Waals surface area contributed by atoms with Crippen LogP contribution in [0.5, 0.6) is 0 Å². The Bertz CT molecular complexity index is 185. The normalized spacial score (nSPS) is 10.9. The molecule has 9 heavy (non-hydrogen) atoms. The molecule has 0 radical (unpaired) electrons. The first-order valence-electron chi connectivity index (χ1n) is 2.62. The molecule has 1 aromatic rings. The van der Waals surface area contributed by atoms with Gasteiger partial charge in [0.15, 0.2) is 0 Å². The van der Waals surface area contributed by atoms with Gasteiger partial charge in [0, 0.05) is 6.20 Å². The summed E-state index contributed by atoms with van der Waals surface area (Å²) < 4.78 is 0. The molecule has 0 saturated carbocycles. The summed E-state index contributed by atoms with van der Waals surface area (Å²) in [4.78, 5) is 4.08. The Kier molecular flexibility index (Phi) is 2.44. The Morgan fingerprint density at radius 3 is 2.78 bits per heavy atom. The van der Waals surface area contributed by atoms with Gasteiger partial charge in [0.05, 0.1) is 10.5 Å². The van der Waals surface area contributed by atoms with Gasteiger partial charge in [-0.3, -0.25) is 4.98 Å². The summed E-state index contributed by atoms with van der Waals surface area (Å²) in [6, 6.07) is 3.81. The van der Waals surface area contributed by atoms with Crippen LogP contribution in [0.3, 0.4) is 0 Å². The Labute approximate surface area is 61.2 Å². The predicted octanol–water partition coefficient (Wildman–Crippen LogP) is 1.67. The molecule has 48 valence electrons. The van der Waals surface area contributed by atoms with E-state index in [1.54, 1.807) is 6.20 Å². The van der Waals surface area contributed by atoms with Crippen molar-refractivity contribution in [2.75, 3.05) is 6.66 Å². The first-order valence-corrected chi connectivity index (χ1v) is 4.50. The maximum absolute atomic E-state index is 5.61. The van der Waals surface area contributed by atoms with Gasteiger partial charge >= 0.3 is 0 Å². The first kappa shape index (κ1) is 6.98. The summed E-state index contributed by atoms with van der Waals surface area (Å²) >= 11 is 5.61. The van der Waals surface area contributed by atoms with Crippen LogP contribution in [-0.2, 0) is 0 Å². The SMILES string of the molecule is CPc1ccc(Cl)cn1. The lowest BCUT2D eigenvalue weighted by Crippen LogP contribution is -1.96. The lowest BCUT2D eigenvalue weighted by molar-refractivity contribution is 1.39. The number of hydrogen-bond acceptors (Lipinski definition) is 1. The second-order valence-corrected chi connectivity index (χ2v) is 3.06. The van der Waals surface area contributed by atoms with Gasteiger partial charge < -0.3 is 0 Å². The minimum Gasteiger partial charge on any atom is -0.255 e. The Morgan fingerprint density at radius 1 is 1.56 bits per heavy atom. The number of halogens is 1. The smallest absolute Gasteiger partial charge is 0.0598 e. The van der Waals surface area contributed by atoms with Gasteiger partial charge in [-0.15, -0.1) is 0 Å². The molecular weight excluding hydrogens is 152 g/mol. The quantitative estimate of drug-likeness (QED) is 0.568. The van der Waals surface area contributed by atoms with Gasteiger partial charge in [0.2, 0.25) is 0 Å². The molecule has 1 aromatic heterocycles. The van der Waals surface area contributed by atoms with Crippen molar-refractivity contribution in [3.05, 3.63) is 23.4 Å². The number of aromatic nitrogens is 1. The van der Waals surface area contributed by atoms with Crippen molar-refractivity contribution >= 4 is 25.6 Å². The standard InChI is InChI=1S/C6H7ClNP/c1-9-6-3-2-5(7)4-8-6/h2-4,9H,1H3. The van der Waals surface area contributed by atoms with Crippen LogP contribution in [0.15, 0.2) is 18.3 Å². The van der Waals surface area contributed by atoms with E-state index < -0.39 is 0 Å². The molecule has 0 amide bonds. The van der Waals surface area contributed by atoms with Crippen LogP contribution >= 0.6 is 20.2 Å². The van der Waals surface area contributed by atoms with Gasteiger partial charge in [0.1, 0.15) is 0 Å². The number of nitrogens with zero attached hydrogens (tertiary/aromatic N) is 1. The van der Waals surface area contributed by atoms with Crippen molar-refractivity contribution < 1.29 is 0 Å². The molecule has 0 aliphatic rings. The van der Waals surface area contributed by atoms with Crippen LogP contribution in [0.4, 0.5) is 0 Å². The van der Waals surface area contributed by atoms with Gasteiger partial charge in [-0.05, 0) is 18.8 Å². The van der Waals surface area contributed by atoms with Crippen molar-refractivity contribution in [2.24, 2.45) is 0 Å². The third-order valence-corrected chi connectivity index (χ3v) is 2.02. The van der Waals surface area contributed by atoms with Crippen molar-refractivity contribution in [1.82, 2.24) is 4.98 Å². The van der Waals surface area contributed by atoms with Crippen LogP contribution in [-0.4, -0.2) is 11.6 Å². The van der Waals surface area contributed by atoms with Crippen molar-refractivity contribution in [2.45, 2.75) is 0 Å².